The molecule has 3 rings (SSSR count). The van der Waals surface area contributed by atoms with Crippen molar-refractivity contribution in [1.29, 1.82) is 5.26 Å². The van der Waals surface area contributed by atoms with Crippen LogP contribution in [0.1, 0.15) is 44.1 Å². The third kappa shape index (κ3) is 2.65. The first-order chi connectivity index (χ1) is 12.3. The van der Waals surface area contributed by atoms with Crippen LogP contribution in [0.25, 0.3) is 5.65 Å². The number of carbonyl (C=O) groups excluding carboxylic acids is 2. The Morgan fingerprint density at radius 1 is 1.27 bits per heavy atom. The molecule has 0 saturated carbocycles. The summed E-state index contributed by atoms with van der Waals surface area (Å²) in [7, 11) is 0. The molecule has 0 aromatic carbocycles. The van der Waals surface area contributed by atoms with Gasteiger partial charge in [0, 0.05) is 17.8 Å². The number of nitrogens with zero attached hydrogens (tertiary/aromatic N) is 6. The number of hydrogen-bond donors (Lipinski definition) is 2. The van der Waals surface area contributed by atoms with E-state index in [1.54, 1.807) is 6.92 Å². The summed E-state index contributed by atoms with van der Waals surface area (Å²) in [5.74, 6) is -0.907. The predicted molar refractivity (Wildman–Crippen MR) is 91.3 cm³/mol. The number of anilines is 1. The summed E-state index contributed by atoms with van der Waals surface area (Å²) in [6, 6.07) is 1.87. The molecule has 0 aliphatic heterocycles. The highest BCUT2D eigenvalue weighted by Crippen LogP contribution is 2.19. The molecule has 0 aliphatic carbocycles. The van der Waals surface area contributed by atoms with E-state index in [2.05, 4.69) is 15.2 Å². The van der Waals surface area contributed by atoms with Gasteiger partial charge in [0.15, 0.2) is 5.65 Å². The van der Waals surface area contributed by atoms with Gasteiger partial charge in [0.2, 0.25) is 5.91 Å². The van der Waals surface area contributed by atoms with Crippen LogP contribution in [-0.2, 0) is 6.42 Å². The first-order valence-corrected chi connectivity index (χ1v) is 7.75. The van der Waals surface area contributed by atoms with Crippen molar-refractivity contribution in [3.05, 3.63) is 40.5 Å². The average molecular weight is 352 g/mol. The van der Waals surface area contributed by atoms with Gasteiger partial charge in [-0.1, -0.05) is 0 Å². The number of fused-ring (bicyclic) bond motifs is 1. The molecule has 26 heavy (non-hydrogen) atoms. The molecule has 10 nitrogen and oxygen atoms in total. The average Bonchev–Trinajstić information content (AvgIpc) is 3.17. The SMILES string of the molecule is Cc1nc2c(C(N)=O)cnn2c(C)c1CCC(=O)n1ncc(C#N)c1N. The first kappa shape index (κ1) is 17.1. The lowest BCUT2D eigenvalue weighted by Gasteiger charge is -2.11. The Balaban J connectivity index is 1.89. The van der Waals surface area contributed by atoms with Crippen LogP contribution in [0.3, 0.4) is 0 Å². The minimum Gasteiger partial charge on any atom is -0.382 e. The number of carbonyl (C=O) groups is 2. The van der Waals surface area contributed by atoms with E-state index in [9.17, 15) is 9.59 Å². The summed E-state index contributed by atoms with van der Waals surface area (Å²) in [5, 5.41) is 16.9. The van der Waals surface area contributed by atoms with Crippen molar-refractivity contribution in [2.75, 3.05) is 5.73 Å². The molecule has 3 heterocycles. The monoisotopic (exact) mass is 352 g/mol. The Kier molecular flexibility index (Phi) is 4.13. The van der Waals surface area contributed by atoms with E-state index >= 15 is 0 Å². The fraction of sp³-hybridized carbons (Fsp3) is 0.250. The lowest BCUT2D eigenvalue weighted by Crippen LogP contribution is -2.17. The number of aryl methyl sites for hydroxylation is 2. The van der Waals surface area contributed by atoms with Crippen molar-refractivity contribution in [3.8, 4) is 6.07 Å². The quantitative estimate of drug-likeness (QED) is 0.686. The molecule has 0 saturated heterocycles. The molecule has 4 N–H and O–H groups in total. The van der Waals surface area contributed by atoms with Crippen LogP contribution in [0.5, 0.6) is 0 Å². The van der Waals surface area contributed by atoms with Crippen LogP contribution in [0.4, 0.5) is 5.82 Å². The summed E-state index contributed by atoms with van der Waals surface area (Å²) >= 11 is 0. The maximum atomic E-state index is 12.4. The fourth-order valence-corrected chi connectivity index (χ4v) is 2.83. The zero-order valence-corrected chi connectivity index (χ0v) is 14.2. The van der Waals surface area contributed by atoms with Crippen molar-refractivity contribution in [2.24, 2.45) is 5.73 Å². The maximum absolute atomic E-state index is 12.4. The minimum atomic E-state index is -0.600. The Hall–Kier alpha value is -3.74. The molecule has 3 aromatic rings. The molecule has 10 heteroatoms. The Morgan fingerprint density at radius 3 is 2.62 bits per heavy atom. The molecule has 3 aromatic heterocycles. The van der Waals surface area contributed by atoms with Crippen LogP contribution >= 0.6 is 0 Å². The van der Waals surface area contributed by atoms with Gasteiger partial charge in [-0.2, -0.15) is 20.1 Å². The smallest absolute Gasteiger partial charge is 0.254 e. The largest absolute Gasteiger partial charge is 0.382 e. The second kappa shape index (κ2) is 6.29. The molecule has 0 fully saturated rings. The van der Waals surface area contributed by atoms with E-state index in [4.69, 9.17) is 16.7 Å². The van der Waals surface area contributed by atoms with Gasteiger partial charge in [-0.3, -0.25) is 9.59 Å². The van der Waals surface area contributed by atoms with Crippen molar-refractivity contribution < 1.29 is 9.59 Å². The van der Waals surface area contributed by atoms with Crippen molar-refractivity contribution >= 4 is 23.3 Å². The van der Waals surface area contributed by atoms with E-state index in [1.807, 2.05) is 13.0 Å². The van der Waals surface area contributed by atoms with Crippen molar-refractivity contribution in [1.82, 2.24) is 24.4 Å². The van der Waals surface area contributed by atoms with E-state index in [0.29, 0.717) is 17.8 Å². The third-order valence-electron chi connectivity index (χ3n) is 4.23. The lowest BCUT2D eigenvalue weighted by molar-refractivity contribution is 0.0889. The minimum absolute atomic E-state index is 0.0256. The van der Waals surface area contributed by atoms with E-state index < -0.39 is 5.91 Å². The van der Waals surface area contributed by atoms with E-state index in [0.717, 1.165) is 15.9 Å². The van der Waals surface area contributed by atoms with Crippen LogP contribution in [0, 0.1) is 25.2 Å². The molecule has 0 unspecified atom stereocenters. The number of aromatic nitrogens is 5. The lowest BCUT2D eigenvalue weighted by atomic mass is 10.1. The summed E-state index contributed by atoms with van der Waals surface area (Å²) in [5.41, 5.74) is 14.1. The van der Waals surface area contributed by atoms with Gasteiger partial charge in [-0.25, -0.2) is 9.50 Å². The molecule has 0 radical (unpaired) electrons. The highest BCUT2D eigenvalue weighted by atomic mass is 16.2. The van der Waals surface area contributed by atoms with Crippen molar-refractivity contribution in [3.63, 3.8) is 0 Å². The molecule has 0 aliphatic rings. The Bertz CT molecular complexity index is 1090. The number of nitrogens with two attached hydrogens (primary N) is 2. The summed E-state index contributed by atoms with van der Waals surface area (Å²) in [6.07, 6.45) is 3.13. The highest BCUT2D eigenvalue weighted by Gasteiger charge is 2.18. The van der Waals surface area contributed by atoms with E-state index in [-0.39, 0.29) is 29.3 Å². The first-order valence-electron chi connectivity index (χ1n) is 7.75. The molecular formula is C16H16N8O2. The van der Waals surface area contributed by atoms with Gasteiger partial charge in [-0.15, -0.1) is 0 Å². The molecule has 132 valence electrons. The normalized spacial score (nSPS) is 10.8. The zero-order chi connectivity index (χ0) is 19.0. The van der Waals surface area contributed by atoms with Gasteiger partial charge >= 0.3 is 0 Å². The summed E-state index contributed by atoms with van der Waals surface area (Å²) < 4.78 is 2.55. The van der Waals surface area contributed by atoms with Crippen LogP contribution < -0.4 is 11.5 Å². The highest BCUT2D eigenvalue weighted by molar-refractivity contribution is 5.98. The number of rotatable bonds is 4. The summed E-state index contributed by atoms with van der Waals surface area (Å²) in [6.45, 7) is 3.62. The van der Waals surface area contributed by atoms with Crippen LogP contribution in [0.2, 0.25) is 0 Å². The zero-order valence-electron chi connectivity index (χ0n) is 14.2. The van der Waals surface area contributed by atoms with E-state index in [1.165, 1.54) is 16.9 Å². The van der Waals surface area contributed by atoms with Crippen LogP contribution in [0.15, 0.2) is 12.4 Å². The van der Waals surface area contributed by atoms with Gasteiger partial charge < -0.3 is 11.5 Å². The number of nitrogen functional groups attached to an aromatic ring is 1. The predicted octanol–water partition coefficient (Wildman–Crippen LogP) is 0.368. The Morgan fingerprint density at radius 2 is 2.00 bits per heavy atom. The van der Waals surface area contributed by atoms with Gasteiger partial charge in [0.25, 0.3) is 5.91 Å². The van der Waals surface area contributed by atoms with Crippen LogP contribution in [-0.4, -0.2) is 36.2 Å². The van der Waals surface area contributed by atoms with Gasteiger partial charge in [0.05, 0.1) is 12.4 Å². The van der Waals surface area contributed by atoms with Gasteiger partial charge in [-0.05, 0) is 25.8 Å². The van der Waals surface area contributed by atoms with Gasteiger partial charge in [0.1, 0.15) is 23.0 Å². The van der Waals surface area contributed by atoms with Crippen molar-refractivity contribution in [2.45, 2.75) is 26.7 Å². The number of primary amides is 1. The second-order valence-corrected chi connectivity index (χ2v) is 5.78. The molecule has 0 bridgehead atoms. The fourth-order valence-electron chi connectivity index (χ4n) is 2.83. The third-order valence-corrected chi connectivity index (χ3v) is 4.23. The summed E-state index contributed by atoms with van der Waals surface area (Å²) in [4.78, 5) is 28.2. The second-order valence-electron chi connectivity index (χ2n) is 5.78. The Labute approximate surface area is 148 Å². The number of amides is 1. The number of nitriles is 1. The molecule has 0 spiro atoms. The molecule has 0 atom stereocenters. The number of hydrogen-bond acceptors (Lipinski definition) is 7. The molecule has 1 amide bonds. The standard InChI is InChI=1S/C16H16N8O2/c1-8-11(3-4-13(25)24-14(18)10(5-17)6-20-24)9(2)23-16(22-8)12(7-21-23)15(19)26/h6-7H,3-4,18H2,1-2H3,(H2,19,26). The maximum Gasteiger partial charge on any atom is 0.254 e. The molecular weight excluding hydrogens is 336 g/mol. The topological polar surface area (TPSA) is 158 Å².